The lowest BCUT2D eigenvalue weighted by Gasteiger charge is -2.35. The fourth-order valence-corrected chi connectivity index (χ4v) is 6.30. The van der Waals surface area contributed by atoms with Crippen LogP contribution in [0, 0.1) is 13.8 Å². The third kappa shape index (κ3) is 8.57. The molecule has 0 spiro atoms. The van der Waals surface area contributed by atoms with Crippen molar-refractivity contribution in [3.05, 3.63) is 94.5 Å². The predicted octanol–water partition coefficient (Wildman–Crippen LogP) is 5.92. The topological polar surface area (TPSA) is 86.8 Å². The number of sulfonamides is 1. The first-order valence-corrected chi connectivity index (χ1v) is 15.6. The molecular formula is C32H40ClN3O4S. The Kier molecular flexibility index (Phi) is 10.6. The van der Waals surface area contributed by atoms with Crippen molar-refractivity contribution in [2.75, 3.05) is 17.4 Å². The van der Waals surface area contributed by atoms with Crippen LogP contribution in [0.2, 0.25) is 5.02 Å². The number of nitrogens with zero attached hydrogens (tertiary/aromatic N) is 2. The van der Waals surface area contributed by atoms with Crippen molar-refractivity contribution in [2.24, 2.45) is 0 Å². The number of carbonyl (C=O) groups is 2. The van der Waals surface area contributed by atoms with Gasteiger partial charge in [-0.15, -0.1) is 0 Å². The summed E-state index contributed by atoms with van der Waals surface area (Å²) in [5.74, 6) is -0.751. The Labute approximate surface area is 249 Å². The van der Waals surface area contributed by atoms with Crippen LogP contribution >= 0.6 is 11.6 Å². The Balaban J connectivity index is 2.05. The van der Waals surface area contributed by atoms with E-state index in [-0.39, 0.29) is 17.3 Å². The Morgan fingerprint density at radius 2 is 1.59 bits per heavy atom. The van der Waals surface area contributed by atoms with E-state index >= 15 is 0 Å². The van der Waals surface area contributed by atoms with Crippen molar-refractivity contribution < 1.29 is 18.0 Å². The van der Waals surface area contributed by atoms with Gasteiger partial charge in [0.2, 0.25) is 11.8 Å². The summed E-state index contributed by atoms with van der Waals surface area (Å²) in [4.78, 5) is 29.1. The van der Waals surface area contributed by atoms with Gasteiger partial charge in [0.05, 0.1) is 10.6 Å². The zero-order valence-electron chi connectivity index (χ0n) is 24.6. The molecule has 0 fully saturated rings. The van der Waals surface area contributed by atoms with Crippen molar-refractivity contribution in [3.8, 4) is 0 Å². The predicted molar refractivity (Wildman–Crippen MR) is 166 cm³/mol. The van der Waals surface area contributed by atoms with E-state index in [1.807, 2.05) is 65.0 Å². The SMILES string of the molecule is CCC(C(=O)NC(C)(C)C)N(CCc1ccccc1)C(=O)CN(c1ccc(Cl)cc1C)S(=O)(=O)c1ccc(C)cc1. The van der Waals surface area contributed by atoms with Crippen LogP contribution in [0.25, 0.3) is 0 Å². The van der Waals surface area contributed by atoms with Gasteiger partial charge in [-0.3, -0.25) is 13.9 Å². The van der Waals surface area contributed by atoms with Crippen molar-refractivity contribution in [1.29, 1.82) is 0 Å². The summed E-state index contributed by atoms with van der Waals surface area (Å²) in [6, 6.07) is 20.3. The second-order valence-electron chi connectivity index (χ2n) is 11.2. The van der Waals surface area contributed by atoms with Crippen LogP contribution in [0.3, 0.4) is 0 Å². The number of anilines is 1. The molecule has 0 saturated carbocycles. The summed E-state index contributed by atoms with van der Waals surface area (Å²) in [6.45, 7) is 10.9. The maximum atomic E-state index is 14.1. The number of nitrogens with one attached hydrogen (secondary N) is 1. The molecule has 3 aromatic carbocycles. The second-order valence-corrected chi connectivity index (χ2v) is 13.5. The molecule has 1 unspecified atom stereocenters. The molecule has 0 bridgehead atoms. The molecule has 0 aliphatic carbocycles. The summed E-state index contributed by atoms with van der Waals surface area (Å²) in [6.07, 6.45) is 0.879. The highest BCUT2D eigenvalue weighted by molar-refractivity contribution is 7.92. The Morgan fingerprint density at radius 3 is 2.15 bits per heavy atom. The van der Waals surface area contributed by atoms with Crippen LogP contribution in [0.5, 0.6) is 0 Å². The lowest BCUT2D eigenvalue weighted by atomic mass is 10.1. The smallest absolute Gasteiger partial charge is 0.264 e. The molecule has 7 nitrogen and oxygen atoms in total. The first kappa shape index (κ1) is 32.2. The summed E-state index contributed by atoms with van der Waals surface area (Å²) in [5, 5.41) is 3.44. The maximum absolute atomic E-state index is 14.1. The molecule has 3 aromatic rings. The summed E-state index contributed by atoms with van der Waals surface area (Å²) in [7, 11) is -4.14. The fourth-order valence-electron chi connectivity index (χ4n) is 4.60. The van der Waals surface area contributed by atoms with E-state index < -0.39 is 34.1 Å². The normalized spacial score (nSPS) is 12.5. The highest BCUT2D eigenvalue weighted by Gasteiger charge is 2.34. The van der Waals surface area contributed by atoms with Gasteiger partial charge in [0, 0.05) is 17.1 Å². The van der Waals surface area contributed by atoms with Gasteiger partial charge in [-0.05, 0) is 88.9 Å². The van der Waals surface area contributed by atoms with Gasteiger partial charge in [-0.1, -0.05) is 66.6 Å². The summed E-state index contributed by atoms with van der Waals surface area (Å²) in [5.41, 5.74) is 2.37. The van der Waals surface area contributed by atoms with Crippen molar-refractivity contribution in [1.82, 2.24) is 10.2 Å². The Hall–Kier alpha value is -3.36. The number of amides is 2. The second kappa shape index (κ2) is 13.5. The van der Waals surface area contributed by atoms with E-state index in [4.69, 9.17) is 11.6 Å². The lowest BCUT2D eigenvalue weighted by Crippen LogP contribution is -2.56. The van der Waals surface area contributed by atoms with Crippen LogP contribution in [0.1, 0.15) is 50.8 Å². The molecule has 0 heterocycles. The van der Waals surface area contributed by atoms with E-state index in [1.54, 1.807) is 37.3 Å². The molecule has 9 heteroatoms. The van der Waals surface area contributed by atoms with Crippen LogP contribution in [-0.2, 0) is 26.0 Å². The molecule has 0 saturated heterocycles. The average Bonchev–Trinajstić information content (AvgIpc) is 2.89. The van der Waals surface area contributed by atoms with Crippen LogP contribution in [0.4, 0.5) is 5.69 Å². The largest absolute Gasteiger partial charge is 0.350 e. The minimum Gasteiger partial charge on any atom is -0.350 e. The monoisotopic (exact) mass is 597 g/mol. The molecule has 0 aliphatic heterocycles. The number of aryl methyl sites for hydroxylation is 2. The molecule has 0 radical (unpaired) electrons. The Morgan fingerprint density at radius 1 is 0.951 bits per heavy atom. The molecule has 1 atom stereocenters. The van der Waals surface area contributed by atoms with Crippen LogP contribution in [-0.4, -0.2) is 49.8 Å². The van der Waals surface area contributed by atoms with Crippen LogP contribution < -0.4 is 9.62 Å². The van der Waals surface area contributed by atoms with Gasteiger partial charge in [-0.2, -0.15) is 0 Å². The van der Waals surface area contributed by atoms with Crippen molar-refractivity contribution in [3.63, 3.8) is 0 Å². The quantitative estimate of drug-likeness (QED) is 0.297. The first-order chi connectivity index (χ1) is 19.2. The lowest BCUT2D eigenvalue weighted by molar-refractivity contribution is -0.140. The summed E-state index contributed by atoms with van der Waals surface area (Å²) >= 11 is 6.19. The molecular weight excluding hydrogens is 558 g/mol. The van der Waals surface area contributed by atoms with Gasteiger partial charge in [-0.25, -0.2) is 8.42 Å². The van der Waals surface area contributed by atoms with Crippen molar-refractivity contribution in [2.45, 2.75) is 70.9 Å². The molecule has 1 N–H and O–H groups in total. The van der Waals surface area contributed by atoms with E-state index in [9.17, 15) is 18.0 Å². The van der Waals surface area contributed by atoms with Gasteiger partial charge < -0.3 is 10.2 Å². The number of benzene rings is 3. The fraction of sp³-hybridized carbons (Fsp3) is 0.375. The minimum atomic E-state index is -4.14. The Bertz CT molecular complexity index is 1450. The van der Waals surface area contributed by atoms with Gasteiger partial charge in [0.15, 0.2) is 0 Å². The minimum absolute atomic E-state index is 0.0682. The van der Waals surface area contributed by atoms with Crippen molar-refractivity contribution >= 4 is 39.1 Å². The van der Waals surface area contributed by atoms with E-state index in [0.29, 0.717) is 29.1 Å². The molecule has 220 valence electrons. The van der Waals surface area contributed by atoms with Crippen LogP contribution in [0.15, 0.2) is 77.7 Å². The van der Waals surface area contributed by atoms with E-state index in [2.05, 4.69) is 5.32 Å². The van der Waals surface area contributed by atoms with Gasteiger partial charge >= 0.3 is 0 Å². The zero-order valence-corrected chi connectivity index (χ0v) is 26.2. The molecule has 3 rings (SSSR count). The molecule has 41 heavy (non-hydrogen) atoms. The molecule has 2 amide bonds. The molecule has 0 aliphatic rings. The number of rotatable bonds is 11. The first-order valence-electron chi connectivity index (χ1n) is 13.7. The highest BCUT2D eigenvalue weighted by Crippen LogP contribution is 2.29. The highest BCUT2D eigenvalue weighted by atomic mass is 35.5. The van der Waals surface area contributed by atoms with E-state index in [0.717, 1.165) is 15.4 Å². The number of hydrogen-bond donors (Lipinski definition) is 1. The summed E-state index contributed by atoms with van der Waals surface area (Å²) < 4.78 is 29.2. The number of hydrogen-bond acceptors (Lipinski definition) is 4. The molecule has 0 aromatic heterocycles. The van der Waals surface area contributed by atoms with Gasteiger partial charge in [0.1, 0.15) is 12.6 Å². The third-order valence-corrected chi connectivity index (χ3v) is 8.69. The maximum Gasteiger partial charge on any atom is 0.264 e. The average molecular weight is 598 g/mol. The zero-order chi connectivity index (χ0) is 30.4. The number of halogens is 1. The number of carbonyl (C=O) groups excluding carboxylic acids is 2. The van der Waals surface area contributed by atoms with Gasteiger partial charge in [0.25, 0.3) is 10.0 Å². The van der Waals surface area contributed by atoms with E-state index in [1.165, 1.54) is 17.0 Å². The third-order valence-electron chi connectivity index (χ3n) is 6.68. The standard InChI is InChI=1S/C32H40ClN3O4S/c1-7-28(31(38)34-32(4,5)6)35(20-19-25-11-9-8-10-12-25)30(37)22-36(29-18-15-26(33)21-24(29)3)41(39,40)27-16-13-23(2)14-17-27/h8-18,21,28H,7,19-20,22H2,1-6H3,(H,34,38).